The monoisotopic (exact) mass is 240 g/mol. The normalized spacial score (nSPS) is 22.2. The zero-order valence-corrected chi connectivity index (χ0v) is 9.83. The molecule has 1 aromatic carbocycles. The number of nitrogens with two attached hydrogens (primary N) is 1. The highest BCUT2D eigenvalue weighted by Gasteiger charge is 2.28. The Morgan fingerprint density at radius 2 is 2.12 bits per heavy atom. The van der Waals surface area contributed by atoms with Gasteiger partial charge in [0.1, 0.15) is 0 Å². The van der Waals surface area contributed by atoms with Crippen molar-refractivity contribution in [2.45, 2.75) is 23.8 Å². The van der Waals surface area contributed by atoms with E-state index in [1.165, 1.54) is 0 Å². The molecule has 0 saturated heterocycles. The van der Waals surface area contributed by atoms with Crippen molar-refractivity contribution < 1.29 is 8.42 Å². The largest absolute Gasteiger partial charge is 0.380 e. The molecule has 1 aliphatic rings. The predicted molar refractivity (Wildman–Crippen MR) is 64.2 cm³/mol. The van der Waals surface area contributed by atoms with Gasteiger partial charge in [-0.2, -0.15) is 0 Å². The van der Waals surface area contributed by atoms with Crippen molar-refractivity contribution in [2.24, 2.45) is 5.73 Å². The molecule has 5 heteroatoms. The maximum absolute atomic E-state index is 12.0. The van der Waals surface area contributed by atoms with Crippen LogP contribution in [0.3, 0.4) is 0 Å². The lowest BCUT2D eigenvalue weighted by atomic mass is 10.1. The highest BCUT2D eigenvalue weighted by atomic mass is 32.2. The Hall–Kier alpha value is -1.07. The maximum atomic E-state index is 12.0. The zero-order valence-electron chi connectivity index (χ0n) is 9.02. The summed E-state index contributed by atoms with van der Waals surface area (Å²) in [5.74, 6) is 0.171. The summed E-state index contributed by atoms with van der Waals surface area (Å²) in [5, 5.41) is 3.25. The van der Waals surface area contributed by atoms with Gasteiger partial charge >= 0.3 is 0 Å². The first kappa shape index (κ1) is 11.4. The first-order valence-electron chi connectivity index (χ1n) is 5.42. The van der Waals surface area contributed by atoms with Crippen LogP contribution in [0.25, 0.3) is 0 Å². The van der Waals surface area contributed by atoms with Crippen LogP contribution in [-0.2, 0) is 9.84 Å². The van der Waals surface area contributed by atoms with E-state index < -0.39 is 9.84 Å². The molecule has 4 nitrogen and oxygen atoms in total. The molecule has 0 radical (unpaired) electrons. The first-order chi connectivity index (χ1) is 7.63. The summed E-state index contributed by atoms with van der Waals surface area (Å²) >= 11 is 0. The first-order valence-corrected chi connectivity index (χ1v) is 7.07. The summed E-state index contributed by atoms with van der Waals surface area (Å²) in [6, 6.07) is 7.03. The number of para-hydroxylation sites is 1. The van der Waals surface area contributed by atoms with Crippen LogP contribution >= 0.6 is 0 Å². The van der Waals surface area contributed by atoms with Crippen molar-refractivity contribution in [1.29, 1.82) is 0 Å². The predicted octanol–water partition coefficient (Wildman–Crippen LogP) is 0.993. The number of nitrogens with one attached hydrogen (secondary N) is 1. The number of fused-ring (bicyclic) bond motifs is 1. The summed E-state index contributed by atoms with van der Waals surface area (Å²) in [5.41, 5.74) is 6.15. The van der Waals surface area contributed by atoms with Crippen LogP contribution in [0.15, 0.2) is 29.2 Å². The number of hydrogen-bond donors (Lipinski definition) is 2. The number of anilines is 1. The van der Waals surface area contributed by atoms with E-state index in [0.717, 1.165) is 18.5 Å². The molecule has 16 heavy (non-hydrogen) atoms. The van der Waals surface area contributed by atoms with E-state index in [2.05, 4.69) is 5.32 Å². The van der Waals surface area contributed by atoms with Gasteiger partial charge in [-0.25, -0.2) is 8.42 Å². The van der Waals surface area contributed by atoms with Crippen LogP contribution in [0.5, 0.6) is 0 Å². The lowest BCUT2D eigenvalue weighted by Crippen LogP contribution is -2.34. The van der Waals surface area contributed by atoms with Gasteiger partial charge < -0.3 is 11.1 Å². The van der Waals surface area contributed by atoms with Gasteiger partial charge in [0.25, 0.3) is 0 Å². The van der Waals surface area contributed by atoms with E-state index >= 15 is 0 Å². The zero-order chi connectivity index (χ0) is 11.6. The Morgan fingerprint density at radius 3 is 2.88 bits per heavy atom. The highest BCUT2D eigenvalue weighted by molar-refractivity contribution is 7.91. The van der Waals surface area contributed by atoms with Crippen LogP contribution in [0.4, 0.5) is 5.69 Å². The summed E-state index contributed by atoms with van der Waals surface area (Å²) in [4.78, 5) is 0.416. The minimum atomic E-state index is -3.12. The summed E-state index contributed by atoms with van der Waals surface area (Å²) in [7, 11) is -3.12. The molecule has 0 aliphatic carbocycles. The Labute approximate surface area is 95.8 Å². The van der Waals surface area contributed by atoms with Crippen molar-refractivity contribution in [3.8, 4) is 0 Å². The second-order valence-electron chi connectivity index (χ2n) is 4.05. The molecule has 0 saturated carbocycles. The van der Waals surface area contributed by atoms with Crippen LogP contribution in [-0.4, -0.2) is 26.8 Å². The SMILES string of the molecule is NCCCC1CS(=O)(=O)c2ccccc2N1. The lowest BCUT2D eigenvalue weighted by molar-refractivity contribution is 0.575. The number of hydrogen-bond acceptors (Lipinski definition) is 4. The van der Waals surface area contributed by atoms with Gasteiger partial charge in [-0.3, -0.25) is 0 Å². The van der Waals surface area contributed by atoms with Gasteiger partial charge in [-0.15, -0.1) is 0 Å². The van der Waals surface area contributed by atoms with Gasteiger partial charge in [0.2, 0.25) is 0 Å². The molecule has 1 aliphatic heterocycles. The van der Waals surface area contributed by atoms with Crippen molar-refractivity contribution in [3.63, 3.8) is 0 Å². The van der Waals surface area contributed by atoms with Gasteiger partial charge in [0.15, 0.2) is 9.84 Å². The number of sulfone groups is 1. The summed E-state index contributed by atoms with van der Waals surface area (Å²) < 4.78 is 24.0. The molecule has 0 spiro atoms. The fourth-order valence-electron chi connectivity index (χ4n) is 1.99. The second-order valence-corrected chi connectivity index (χ2v) is 6.05. The van der Waals surface area contributed by atoms with E-state index in [0.29, 0.717) is 11.4 Å². The molecule has 0 amide bonds. The smallest absolute Gasteiger partial charge is 0.182 e. The summed E-state index contributed by atoms with van der Waals surface area (Å²) in [6.07, 6.45) is 1.64. The van der Waals surface area contributed by atoms with E-state index in [-0.39, 0.29) is 11.8 Å². The lowest BCUT2D eigenvalue weighted by Gasteiger charge is -2.26. The van der Waals surface area contributed by atoms with Crippen LogP contribution in [0.1, 0.15) is 12.8 Å². The maximum Gasteiger partial charge on any atom is 0.182 e. The van der Waals surface area contributed by atoms with Gasteiger partial charge in [0, 0.05) is 6.04 Å². The molecule has 1 atom stereocenters. The molecule has 1 unspecified atom stereocenters. The molecule has 3 N–H and O–H groups in total. The average Bonchev–Trinajstić information content (AvgIpc) is 2.25. The Bertz CT molecular complexity index is 471. The molecule has 0 fully saturated rings. The molecule has 88 valence electrons. The molecular formula is C11H16N2O2S. The van der Waals surface area contributed by atoms with E-state index in [1.54, 1.807) is 12.1 Å². The topological polar surface area (TPSA) is 72.2 Å². The second kappa shape index (κ2) is 4.43. The van der Waals surface area contributed by atoms with E-state index in [9.17, 15) is 8.42 Å². The fourth-order valence-corrected chi connectivity index (χ4v) is 3.70. The van der Waals surface area contributed by atoms with Crippen LogP contribution in [0.2, 0.25) is 0 Å². The quantitative estimate of drug-likeness (QED) is 0.826. The fraction of sp³-hybridized carbons (Fsp3) is 0.455. The van der Waals surface area contributed by atoms with Gasteiger partial charge in [-0.05, 0) is 31.5 Å². The molecule has 1 heterocycles. The standard InChI is InChI=1S/C11H16N2O2S/c12-7-3-4-9-8-16(14,15)11-6-2-1-5-10(11)13-9/h1-2,5-6,9,13H,3-4,7-8,12H2. The Kier molecular flexibility index (Phi) is 3.16. The Morgan fingerprint density at radius 1 is 1.38 bits per heavy atom. The van der Waals surface area contributed by atoms with Crippen molar-refractivity contribution in [3.05, 3.63) is 24.3 Å². The van der Waals surface area contributed by atoms with Gasteiger partial charge in [-0.1, -0.05) is 12.1 Å². The molecule has 0 aromatic heterocycles. The molecular weight excluding hydrogens is 224 g/mol. The van der Waals surface area contributed by atoms with Crippen molar-refractivity contribution in [1.82, 2.24) is 0 Å². The minimum Gasteiger partial charge on any atom is -0.380 e. The third-order valence-electron chi connectivity index (χ3n) is 2.76. The third kappa shape index (κ3) is 2.20. The van der Waals surface area contributed by atoms with Crippen LogP contribution < -0.4 is 11.1 Å². The van der Waals surface area contributed by atoms with Crippen molar-refractivity contribution >= 4 is 15.5 Å². The van der Waals surface area contributed by atoms with Crippen LogP contribution in [0, 0.1) is 0 Å². The molecule has 1 aromatic rings. The number of benzene rings is 1. The molecule has 0 bridgehead atoms. The average molecular weight is 240 g/mol. The Balaban J connectivity index is 2.27. The van der Waals surface area contributed by atoms with Gasteiger partial charge in [0.05, 0.1) is 16.3 Å². The van der Waals surface area contributed by atoms with E-state index in [1.807, 2.05) is 12.1 Å². The molecule has 2 rings (SSSR count). The van der Waals surface area contributed by atoms with Crippen molar-refractivity contribution in [2.75, 3.05) is 17.6 Å². The van der Waals surface area contributed by atoms with E-state index in [4.69, 9.17) is 5.73 Å². The number of rotatable bonds is 3. The minimum absolute atomic E-state index is 0.0107. The highest BCUT2D eigenvalue weighted by Crippen LogP contribution is 2.28. The summed E-state index contributed by atoms with van der Waals surface area (Å²) in [6.45, 7) is 0.597. The third-order valence-corrected chi connectivity index (χ3v) is 4.63.